The number of nitrogens with one attached hydrogen (secondary N) is 4. The third-order valence-electron chi connectivity index (χ3n) is 8.40. The van der Waals surface area contributed by atoms with E-state index in [0.29, 0.717) is 36.0 Å². The van der Waals surface area contributed by atoms with Crippen molar-refractivity contribution < 1.29 is 28.8 Å². The number of rotatable bonds is 11. The molecule has 254 valence electrons. The fourth-order valence-electron chi connectivity index (χ4n) is 5.56. The zero-order valence-corrected chi connectivity index (χ0v) is 28.3. The van der Waals surface area contributed by atoms with E-state index in [0.717, 1.165) is 5.56 Å². The van der Waals surface area contributed by atoms with Gasteiger partial charge in [-0.1, -0.05) is 77.1 Å². The van der Waals surface area contributed by atoms with E-state index in [9.17, 15) is 28.8 Å². The summed E-state index contributed by atoms with van der Waals surface area (Å²) in [5, 5.41) is 11.1. The predicted octanol–water partition coefficient (Wildman–Crippen LogP) is 2.30. The van der Waals surface area contributed by atoms with E-state index in [1.165, 1.54) is 18.7 Å². The molecule has 48 heavy (non-hydrogen) atoms. The number of aromatic nitrogens is 1. The van der Waals surface area contributed by atoms with E-state index < -0.39 is 58.9 Å². The van der Waals surface area contributed by atoms with E-state index in [1.54, 1.807) is 63.8 Å². The van der Waals surface area contributed by atoms with Crippen LogP contribution >= 0.6 is 0 Å². The van der Waals surface area contributed by atoms with Crippen molar-refractivity contribution in [1.29, 1.82) is 0 Å². The summed E-state index contributed by atoms with van der Waals surface area (Å²) < 4.78 is 0. The molecule has 0 spiro atoms. The van der Waals surface area contributed by atoms with Gasteiger partial charge in [-0.05, 0) is 47.9 Å². The van der Waals surface area contributed by atoms with Gasteiger partial charge in [0.05, 0.1) is 23.7 Å². The maximum absolute atomic E-state index is 13.5. The second kappa shape index (κ2) is 15.2. The third kappa shape index (κ3) is 8.61. The molecule has 3 atom stereocenters. The molecular formula is C36H44N6O6. The van der Waals surface area contributed by atoms with Gasteiger partial charge in [0.15, 0.2) is 0 Å². The molecule has 1 aliphatic heterocycles. The summed E-state index contributed by atoms with van der Waals surface area (Å²) in [6, 6.07) is 13.3. The van der Waals surface area contributed by atoms with Gasteiger partial charge in [0.2, 0.25) is 23.5 Å². The molecule has 2 heterocycles. The summed E-state index contributed by atoms with van der Waals surface area (Å²) in [5.41, 5.74) is 2.48. The topological polar surface area (TPSA) is 167 Å². The monoisotopic (exact) mass is 656 g/mol. The van der Waals surface area contributed by atoms with Gasteiger partial charge in [-0.2, -0.15) is 0 Å². The number of para-hydroxylation sites is 1. The summed E-state index contributed by atoms with van der Waals surface area (Å²) in [7, 11) is 0. The van der Waals surface area contributed by atoms with E-state index in [1.807, 2.05) is 30.3 Å². The highest BCUT2D eigenvalue weighted by atomic mass is 16.2. The molecule has 0 saturated carbocycles. The number of hydrogen-bond donors (Lipinski definition) is 4. The molecule has 1 aliphatic rings. The lowest BCUT2D eigenvalue weighted by Crippen LogP contribution is -2.59. The second-order valence-corrected chi connectivity index (χ2v) is 13.5. The number of carbonyl (C=O) groups excluding carboxylic acids is 6. The second-order valence-electron chi connectivity index (χ2n) is 13.5. The quantitative estimate of drug-likeness (QED) is 0.230. The molecule has 1 aromatic heterocycles. The van der Waals surface area contributed by atoms with Gasteiger partial charge in [0.25, 0.3) is 11.8 Å². The average molecular weight is 657 g/mol. The standard InChI is InChI=1S/C36H44N6O6/c1-21(2)29(30(44)34(47)38-19-28(43)42-18-16-23-11-7-8-12-24(23)20-42)40-32(45)22(3)39-35(48)31(36(4,5)6)41-33(46)26-15-17-37-27-14-10-9-13-25(26)27/h7-15,17,21-22,29,31H,16,18-20H2,1-6H3,(H,38,47)(H,39,48)(H,40,45)(H,41,46). The fourth-order valence-corrected chi connectivity index (χ4v) is 5.56. The molecule has 5 amide bonds. The lowest BCUT2D eigenvalue weighted by molar-refractivity contribution is -0.142. The van der Waals surface area contributed by atoms with Gasteiger partial charge in [-0.25, -0.2) is 0 Å². The average Bonchev–Trinajstić information content (AvgIpc) is 3.06. The van der Waals surface area contributed by atoms with Crippen LogP contribution in [0.25, 0.3) is 10.9 Å². The summed E-state index contributed by atoms with van der Waals surface area (Å²) >= 11 is 0. The van der Waals surface area contributed by atoms with Crippen molar-refractivity contribution in [2.75, 3.05) is 13.1 Å². The van der Waals surface area contributed by atoms with Crippen molar-refractivity contribution in [3.63, 3.8) is 0 Å². The van der Waals surface area contributed by atoms with Gasteiger partial charge in [-0.3, -0.25) is 33.8 Å². The van der Waals surface area contributed by atoms with Crippen molar-refractivity contribution in [1.82, 2.24) is 31.2 Å². The number of Topliss-reactive ketones (excluding diaryl/α,β-unsaturated/α-hetero) is 1. The SMILES string of the molecule is CC(NC(=O)C(NC(=O)c1ccnc2ccccc12)C(C)(C)C)C(=O)NC(C(=O)C(=O)NCC(=O)N1CCc2ccccc2C1)C(C)C. The molecule has 0 bridgehead atoms. The Labute approximate surface area is 280 Å². The Morgan fingerprint density at radius 2 is 1.50 bits per heavy atom. The lowest BCUT2D eigenvalue weighted by atomic mass is 9.85. The van der Waals surface area contributed by atoms with Crippen molar-refractivity contribution in [2.45, 2.75) is 72.6 Å². The molecule has 0 saturated heterocycles. The molecule has 0 radical (unpaired) electrons. The van der Waals surface area contributed by atoms with Crippen molar-refractivity contribution in [2.24, 2.45) is 11.3 Å². The minimum absolute atomic E-state index is 0.315. The third-order valence-corrected chi connectivity index (χ3v) is 8.40. The molecule has 0 aliphatic carbocycles. The molecule has 3 unspecified atom stereocenters. The molecule has 0 fully saturated rings. The van der Waals surface area contributed by atoms with Crippen LogP contribution in [0.3, 0.4) is 0 Å². The Morgan fingerprint density at radius 3 is 2.19 bits per heavy atom. The van der Waals surface area contributed by atoms with Crippen LogP contribution in [0.1, 0.15) is 63.0 Å². The first kappa shape index (κ1) is 35.7. The van der Waals surface area contributed by atoms with Crippen LogP contribution in [0.4, 0.5) is 0 Å². The molecule has 4 rings (SSSR count). The highest BCUT2D eigenvalue weighted by Crippen LogP contribution is 2.22. The minimum Gasteiger partial charge on any atom is -0.344 e. The number of ketones is 1. The molecule has 12 heteroatoms. The number of nitrogens with zero attached hydrogens (tertiary/aromatic N) is 2. The van der Waals surface area contributed by atoms with Crippen LogP contribution < -0.4 is 21.3 Å². The summed E-state index contributed by atoms with van der Waals surface area (Å²) in [6.45, 7) is 10.7. The fraction of sp³-hybridized carbons (Fsp3) is 0.417. The van der Waals surface area contributed by atoms with Gasteiger partial charge >= 0.3 is 0 Å². The van der Waals surface area contributed by atoms with Crippen molar-refractivity contribution in [3.05, 3.63) is 77.5 Å². The highest BCUT2D eigenvalue weighted by Gasteiger charge is 2.36. The zero-order chi connectivity index (χ0) is 35.2. The number of carbonyl (C=O) groups is 6. The summed E-state index contributed by atoms with van der Waals surface area (Å²) in [5.74, 6) is -4.44. The number of fused-ring (bicyclic) bond motifs is 2. The maximum Gasteiger partial charge on any atom is 0.290 e. The van der Waals surface area contributed by atoms with E-state index >= 15 is 0 Å². The van der Waals surface area contributed by atoms with Gasteiger partial charge in [0.1, 0.15) is 12.1 Å². The Morgan fingerprint density at radius 1 is 0.833 bits per heavy atom. The smallest absolute Gasteiger partial charge is 0.290 e. The number of pyridine rings is 1. The first-order valence-corrected chi connectivity index (χ1v) is 16.1. The molecule has 3 aromatic rings. The van der Waals surface area contributed by atoms with Crippen molar-refractivity contribution in [3.8, 4) is 0 Å². The highest BCUT2D eigenvalue weighted by molar-refractivity contribution is 6.38. The number of hydrogen-bond acceptors (Lipinski definition) is 7. The van der Waals surface area contributed by atoms with Crippen molar-refractivity contribution >= 4 is 46.2 Å². The van der Waals surface area contributed by atoms with Crippen LogP contribution in [0.15, 0.2) is 60.8 Å². The first-order chi connectivity index (χ1) is 22.7. The predicted molar refractivity (Wildman–Crippen MR) is 180 cm³/mol. The first-order valence-electron chi connectivity index (χ1n) is 16.1. The zero-order valence-electron chi connectivity index (χ0n) is 28.3. The van der Waals surface area contributed by atoms with Crippen LogP contribution in [0.5, 0.6) is 0 Å². The Hall–Kier alpha value is -5.13. The van der Waals surface area contributed by atoms with E-state index in [2.05, 4.69) is 26.3 Å². The Bertz CT molecular complexity index is 1710. The van der Waals surface area contributed by atoms with Gasteiger partial charge in [0, 0.05) is 24.7 Å². The Balaban J connectivity index is 1.34. The summed E-state index contributed by atoms with van der Waals surface area (Å²) in [6.07, 6.45) is 2.23. The van der Waals surface area contributed by atoms with E-state index in [4.69, 9.17) is 0 Å². The molecule has 4 N–H and O–H groups in total. The lowest BCUT2D eigenvalue weighted by Gasteiger charge is -2.31. The minimum atomic E-state index is -1.20. The molecule has 2 aromatic carbocycles. The van der Waals surface area contributed by atoms with Crippen LogP contribution in [-0.2, 0) is 36.9 Å². The molecular weight excluding hydrogens is 612 g/mol. The van der Waals surface area contributed by atoms with Gasteiger partial charge in [-0.15, -0.1) is 0 Å². The normalized spacial score (nSPS) is 14.7. The maximum atomic E-state index is 13.5. The van der Waals surface area contributed by atoms with Crippen LogP contribution in [0, 0.1) is 11.3 Å². The number of benzene rings is 2. The van der Waals surface area contributed by atoms with Gasteiger partial charge < -0.3 is 26.2 Å². The Kier molecular flexibility index (Phi) is 11.3. The van der Waals surface area contributed by atoms with E-state index in [-0.39, 0.29) is 12.5 Å². The number of amides is 5. The van der Waals surface area contributed by atoms with Crippen LogP contribution in [0.2, 0.25) is 0 Å². The molecule has 12 nitrogen and oxygen atoms in total. The summed E-state index contributed by atoms with van der Waals surface area (Å²) in [4.78, 5) is 84.6. The largest absolute Gasteiger partial charge is 0.344 e. The van der Waals surface area contributed by atoms with Crippen LogP contribution in [-0.4, -0.2) is 76.4 Å².